The summed E-state index contributed by atoms with van der Waals surface area (Å²) in [6.07, 6.45) is 1.88. The highest BCUT2D eigenvalue weighted by Crippen LogP contribution is 2.24. The number of halogens is 1. The molecule has 0 saturated heterocycles. The largest absolute Gasteiger partial charge is 0.439 e. The van der Waals surface area contributed by atoms with Gasteiger partial charge >= 0.3 is 0 Å². The fourth-order valence-electron chi connectivity index (χ4n) is 1.51. The minimum Gasteiger partial charge on any atom is -0.439 e. The molecule has 0 spiro atoms. The van der Waals surface area contributed by atoms with Crippen molar-refractivity contribution in [3.8, 4) is 11.6 Å². The van der Waals surface area contributed by atoms with Gasteiger partial charge < -0.3 is 9.47 Å². The zero-order valence-corrected chi connectivity index (χ0v) is 12.2. The van der Waals surface area contributed by atoms with Crippen LogP contribution in [0, 0.1) is 0 Å². The summed E-state index contributed by atoms with van der Waals surface area (Å²) in [7, 11) is 1.66. The highest BCUT2D eigenvalue weighted by atomic mass is 35.5. The van der Waals surface area contributed by atoms with Gasteiger partial charge in [0.05, 0.1) is 6.61 Å². The molecule has 6 heteroatoms. The molecular weight excluding hydrogens is 284 g/mol. The van der Waals surface area contributed by atoms with E-state index in [0.29, 0.717) is 28.5 Å². The van der Waals surface area contributed by atoms with Crippen molar-refractivity contribution in [1.29, 1.82) is 0 Å². The lowest BCUT2D eigenvalue weighted by molar-refractivity contribution is 0.184. The van der Waals surface area contributed by atoms with Gasteiger partial charge in [0.15, 0.2) is 5.16 Å². The van der Waals surface area contributed by atoms with Crippen molar-refractivity contribution >= 4 is 23.4 Å². The maximum atomic E-state index is 5.91. The molecular formula is C13H13ClN2O2S. The number of rotatable bonds is 5. The van der Waals surface area contributed by atoms with E-state index in [1.807, 2.05) is 30.5 Å². The molecule has 0 bridgehead atoms. The molecule has 1 aromatic carbocycles. The predicted molar refractivity (Wildman–Crippen MR) is 76.1 cm³/mol. The highest BCUT2D eigenvalue weighted by Gasteiger charge is 2.05. The molecule has 0 N–H and O–H groups in total. The van der Waals surface area contributed by atoms with Crippen LogP contribution in [0.15, 0.2) is 35.5 Å². The molecule has 4 nitrogen and oxygen atoms in total. The average molecular weight is 297 g/mol. The van der Waals surface area contributed by atoms with E-state index in [0.717, 1.165) is 5.56 Å². The first kappa shape index (κ1) is 14.1. The standard InChI is InChI=1S/C13H13ClN2O2S/c1-17-8-9-4-3-5-10(6-9)18-12-7-11(14)15-13(16-12)19-2/h3-7H,8H2,1-2H3. The molecule has 1 heterocycles. The lowest BCUT2D eigenvalue weighted by Gasteiger charge is -2.07. The second-order valence-electron chi connectivity index (χ2n) is 3.70. The molecule has 0 aliphatic rings. The van der Waals surface area contributed by atoms with Crippen molar-refractivity contribution < 1.29 is 9.47 Å². The van der Waals surface area contributed by atoms with Crippen molar-refractivity contribution in [3.63, 3.8) is 0 Å². The first-order valence-electron chi connectivity index (χ1n) is 5.55. The van der Waals surface area contributed by atoms with Crippen LogP contribution in [0.1, 0.15) is 5.56 Å². The summed E-state index contributed by atoms with van der Waals surface area (Å²) in [5, 5.41) is 0.943. The van der Waals surface area contributed by atoms with E-state index in [-0.39, 0.29) is 0 Å². The van der Waals surface area contributed by atoms with Crippen molar-refractivity contribution in [2.45, 2.75) is 11.8 Å². The minimum absolute atomic E-state index is 0.363. The van der Waals surface area contributed by atoms with Crippen LogP contribution in [0.5, 0.6) is 11.6 Å². The Morgan fingerprint density at radius 3 is 2.84 bits per heavy atom. The van der Waals surface area contributed by atoms with Crippen LogP contribution >= 0.6 is 23.4 Å². The number of ether oxygens (including phenoxy) is 2. The molecule has 2 rings (SSSR count). The number of methoxy groups -OCH3 is 1. The van der Waals surface area contributed by atoms with Crippen LogP contribution in [-0.4, -0.2) is 23.3 Å². The van der Waals surface area contributed by atoms with Crippen molar-refractivity contribution in [2.75, 3.05) is 13.4 Å². The maximum Gasteiger partial charge on any atom is 0.224 e. The van der Waals surface area contributed by atoms with Gasteiger partial charge in [-0.3, -0.25) is 0 Å². The number of nitrogens with zero attached hydrogens (tertiary/aromatic N) is 2. The Kier molecular flexibility index (Phi) is 5.01. The zero-order chi connectivity index (χ0) is 13.7. The van der Waals surface area contributed by atoms with Crippen LogP contribution in [0.3, 0.4) is 0 Å². The molecule has 100 valence electrons. The first-order valence-corrected chi connectivity index (χ1v) is 7.16. The third-order valence-corrected chi connectivity index (χ3v) is 3.01. The zero-order valence-electron chi connectivity index (χ0n) is 10.6. The summed E-state index contributed by atoms with van der Waals surface area (Å²) in [5.41, 5.74) is 1.03. The van der Waals surface area contributed by atoms with Gasteiger partial charge in [-0.1, -0.05) is 35.5 Å². The molecule has 0 fully saturated rings. The molecule has 0 aliphatic heterocycles. The topological polar surface area (TPSA) is 44.2 Å². The smallest absolute Gasteiger partial charge is 0.224 e. The third kappa shape index (κ3) is 4.09. The second kappa shape index (κ2) is 6.75. The normalized spacial score (nSPS) is 10.5. The van der Waals surface area contributed by atoms with Gasteiger partial charge in [-0.05, 0) is 24.0 Å². The number of aromatic nitrogens is 2. The van der Waals surface area contributed by atoms with Crippen molar-refractivity contribution in [1.82, 2.24) is 9.97 Å². The van der Waals surface area contributed by atoms with E-state index in [9.17, 15) is 0 Å². The Morgan fingerprint density at radius 1 is 1.26 bits per heavy atom. The van der Waals surface area contributed by atoms with Gasteiger partial charge in [-0.25, -0.2) is 4.98 Å². The highest BCUT2D eigenvalue weighted by molar-refractivity contribution is 7.98. The van der Waals surface area contributed by atoms with Crippen molar-refractivity contribution in [3.05, 3.63) is 41.0 Å². The van der Waals surface area contributed by atoms with Gasteiger partial charge in [-0.2, -0.15) is 4.98 Å². The third-order valence-electron chi connectivity index (χ3n) is 2.27. The van der Waals surface area contributed by atoms with E-state index in [1.54, 1.807) is 13.2 Å². The van der Waals surface area contributed by atoms with E-state index in [1.165, 1.54) is 11.8 Å². The Bertz CT molecular complexity index is 566. The average Bonchev–Trinajstić information content (AvgIpc) is 2.39. The quantitative estimate of drug-likeness (QED) is 0.477. The first-order chi connectivity index (χ1) is 9.21. The monoisotopic (exact) mass is 296 g/mol. The van der Waals surface area contributed by atoms with E-state index >= 15 is 0 Å². The molecule has 0 radical (unpaired) electrons. The van der Waals surface area contributed by atoms with Gasteiger partial charge in [0.25, 0.3) is 0 Å². The molecule has 0 unspecified atom stereocenters. The fraction of sp³-hybridized carbons (Fsp3) is 0.231. The molecule has 0 saturated carbocycles. The van der Waals surface area contributed by atoms with Gasteiger partial charge in [0.1, 0.15) is 10.9 Å². The number of hydrogen-bond acceptors (Lipinski definition) is 5. The molecule has 0 amide bonds. The van der Waals surface area contributed by atoms with Crippen LogP contribution in [0.25, 0.3) is 0 Å². The van der Waals surface area contributed by atoms with Gasteiger partial charge in [0.2, 0.25) is 5.88 Å². The maximum absolute atomic E-state index is 5.91. The summed E-state index contributed by atoms with van der Waals surface area (Å²) < 4.78 is 10.8. The van der Waals surface area contributed by atoms with E-state index in [4.69, 9.17) is 21.1 Å². The SMILES string of the molecule is COCc1cccc(Oc2cc(Cl)nc(SC)n2)c1. The van der Waals surface area contributed by atoms with Crippen molar-refractivity contribution in [2.24, 2.45) is 0 Å². The summed E-state index contributed by atoms with van der Waals surface area (Å²) in [5.74, 6) is 1.12. The fourth-order valence-corrected chi connectivity index (χ4v) is 2.10. The second-order valence-corrected chi connectivity index (χ2v) is 4.86. The van der Waals surface area contributed by atoms with E-state index in [2.05, 4.69) is 9.97 Å². The lowest BCUT2D eigenvalue weighted by atomic mass is 10.2. The molecule has 0 aliphatic carbocycles. The van der Waals surface area contributed by atoms with Crippen LogP contribution in [0.2, 0.25) is 5.15 Å². The van der Waals surface area contributed by atoms with Crippen LogP contribution in [0.4, 0.5) is 0 Å². The Hall–Kier alpha value is -1.30. The predicted octanol–water partition coefficient (Wildman–Crippen LogP) is 3.79. The Morgan fingerprint density at radius 2 is 2.11 bits per heavy atom. The molecule has 1 aromatic heterocycles. The number of hydrogen-bond donors (Lipinski definition) is 0. The Labute approximate surface area is 121 Å². The van der Waals surface area contributed by atoms with Crippen LogP contribution < -0.4 is 4.74 Å². The molecule has 0 atom stereocenters. The summed E-state index contributed by atoms with van der Waals surface area (Å²) >= 11 is 7.32. The molecule has 2 aromatic rings. The lowest BCUT2D eigenvalue weighted by Crippen LogP contribution is -1.94. The van der Waals surface area contributed by atoms with E-state index < -0.39 is 0 Å². The summed E-state index contributed by atoms with van der Waals surface area (Å²) in [6.45, 7) is 0.539. The Balaban J connectivity index is 2.20. The molecule has 19 heavy (non-hydrogen) atoms. The summed E-state index contributed by atoms with van der Waals surface area (Å²) in [6, 6.07) is 9.22. The minimum atomic E-state index is 0.363. The van der Waals surface area contributed by atoms with Gasteiger partial charge in [0, 0.05) is 13.2 Å². The number of thioether (sulfide) groups is 1. The van der Waals surface area contributed by atoms with Crippen LogP contribution in [-0.2, 0) is 11.3 Å². The number of benzene rings is 1. The van der Waals surface area contributed by atoms with Gasteiger partial charge in [-0.15, -0.1) is 0 Å². The summed E-state index contributed by atoms with van der Waals surface area (Å²) in [4.78, 5) is 8.30.